The molecule has 0 aliphatic heterocycles. The highest BCUT2D eigenvalue weighted by Crippen LogP contribution is 2.43. The second-order valence-corrected chi connectivity index (χ2v) is 14.2. The van der Waals surface area contributed by atoms with Crippen molar-refractivity contribution in [3.63, 3.8) is 0 Å². The maximum atomic E-state index is 4.97. The molecule has 0 atom stereocenters. The molecule has 0 amide bonds. The molecule has 1 heteroatoms. The molecule has 0 bridgehead atoms. The van der Waals surface area contributed by atoms with Crippen molar-refractivity contribution in [2.75, 3.05) is 0 Å². The third-order valence-electron chi connectivity index (χ3n) is 8.72. The van der Waals surface area contributed by atoms with Crippen molar-refractivity contribution in [3.05, 3.63) is 164 Å². The standard InChI is InChI=1S/C41H29P/c1-42(35-16-4-2-5-17-35,36-18-6-3-7-19-36)37-20-10-14-33(28-37)32-13-9-15-34(27-32)38-25-23-31-22-21-29-11-8-12-30-24-26-39(38)41(31)40(29)30/h2-28H,1H2. The Bertz CT molecular complexity index is 2200. The van der Waals surface area contributed by atoms with Crippen LogP contribution < -0.4 is 15.9 Å². The van der Waals surface area contributed by atoms with Crippen molar-refractivity contribution in [3.8, 4) is 22.3 Å². The van der Waals surface area contributed by atoms with Gasteiger partial charge in [0.05, 0.1) is 0 Å². The molecule has 198 valence electrons. The van der Waals surface area contributed by atoms with Gasteiger partial charge in [0.2, 0.25) is 0 Å². The summed E-state index contributed by atoms with van der Waals surface area (Å²) in [6, 6.07) is 59.9. The van der Waals surface area contributed by atoms with Crippen LogP contribution in [0.15, 0.2) is 164 Å². The molecule has 0 nitrogen and oxygen atoms in total. The zero-order chi connectivity index (χ0) is 28.1. The summed E-state index contributed by atoms with van der Waals surface area (Å²) in [5, 5.41) is 11.8. The summed E-state index contributed by atoms with van der Waals surface area (Å²) in [6.07, 6.45) is 4.97. The van der Waals surface area contributed by atoms with Gasteiger partial charge in [-0.2, -0.15) is 0 Å². The second kappa shape index (κ2) is 9.88. The summed E-state index contributed by atoms with van der Waals surface area (Å²) in [4.78, 5) is 0. The predicted octanol–water partition coefficient (Wildman–Crippen LogP) is 9.64. The van der Waals surface area contributed by atoms with E-state index in [1.165, 1.54) is 70.5 Å². The van der Waals surface area contributed by atoms with E-state index >= 15 is 0 Å². The van der Waals surface area contributed by atoms with E-state index in [4.69, 9.17) is 6.30 Å². The SMILES string of the molecule is C=P(c1ccccc1)(c1ccccc1)c1cccc(-c2cccc(-c3ccc4ccc5cccc6ccc3c4c56)c2)c1. The molecule has 0 fully saturated rings. The fourth-order valence-corrected chi connectivity index (χ4v) is 9.55. The Hall–Kier alpha value is -4.90. The van der Waals surface area contributed by atoms with E-state index in [2.05, 4.69) is 164 Å². The normalized spacial score (nSPS) is 11.9. The van der Waals surface area contributed by atoms with Crippen molar-refractivity contribution in [1.82, 2.24) is 0 Å². The fourth-order valence-electron chi connectivity index (χ4n) is 6.59. The van der Waals surface area contributed by atoms with Gasteiger partial charge >= 0.3 is 0 Å². The highest BCUT2D eigenvalue weighted by atomic mass is 31.2. The van der Waals surface area contributed by atoms with Gasteiger partial charge < -0.3 is 0 Å². The van der Waals surface area contributed by atoms with E-state index in [1.807, 2.05) is 0 Å². The van der Waals surface area contributed by atoms with Gasteiger partial charge in [0.1, 0.15) is 0 Å². The molecule has 0 radical (unpaired) electrons. The highest BCUT2D eigenvalue weighted by molar-refractivity contribution is 7.93. The first-order valence-corrected chi connectivity index (χ1v) is 16.4. The first kappa shape index (κ1) is 24.9. The average molecular weight is 553 g/mol. The summed E-state index contributed by atoms with van der Waals surface area (Å²) < 4.78 is 0. The highest BCUT2D eigenvalue weighted by Gasteiger charge is 2.22. The van der Waals surface area contributed by atoms with E-state index in [9.17, 15) is 0 Å². The van der Waals surface area contributed by atoms with Crippen molar-refractivity contribution >= 4 is 61.4 Å². The van der Waals surface area contributed by atoms with E-state index < -0.39 is 6.89 Å². The molecule has 8 rings (SSSR count). The second-order valence-electron chi connectivity index (χ2n) is 11.1. The van der Waals surface area contributed by atoms with Gasteiger partial charge in [0, 0.05) is 0 Å². The van der Waals surface area contributed by atoms with Gasteiger partial charge in [-0.15, -0.1) is 0 Å². The molecule has 8 aromatic carbocycles. The lowest BCUT2D eigenvalue weighted by Crippen LogP contribution is -2.25. The van der Waals surface area contributed by atoms with Gasteiger partial charge in [-0.05, 0) is 89.5 Å². The summed E-state index contributed by atoms with van der Waals surface area (Å²) in [5.41, 5.74) is 4.93. The molecule has 42 heavy (non-hydrogen) atoms. The number of rotatable bonds is 5. The molecule has 0 saturated carbocycles. The molecule has 0 heterocycles. The lowest BCUT2D eigenvalue weighted by Gasteiger charge is -2.27. The van der Waals surface area contributed by atoms with Crippen LogP contribution in [0.4, 0.5) is 0 Å². The molecule has 8 aromatic rings. The van der Waals surface area contributed by atoms with Crippen LogP contribution >= 0.6 is 6.89 Å². The fraction of sp³-hybridized carbons (Fsp3) is 0. The first-order chi connectivity index (χ1) is 20.7. The Morgan fingerprint density at radius 2 is 0.857 bits per heavy atom. The molecular weight excluding hydrogens is 523 g/mol. The summed E-state index contributed by atoms with van der Waals surface area (Å²) in [7, 11) is 0. The maximum Gasteiger partial charge on any atom is -0.00206 e. The minimum atomic E-state index is -2.06. The summed E-state index contributed by atoms with van der Waals surface area (Å²) in [6.45, 7) is -2.06. The van der Waals surface area contributed by atoms with Crippen LogP contribution in [0.3, 0.4) is 0 Å². The largest absolute Gasteiger partial charge is 0.0887 e. The van der Waals surface area contributed by atoms with Crippen molar-refractivity contribution < 1.29 is 0 Å². The first-order valence-electron chi connectivity index (χ1n) is 14.4. The van der Waals surface area contributed by atoms with Crippen LogP contribution in [-0.4, -0.2) is 6.30 Å². The lowest BCUT2D eigenvalue weighted by atomic mass is 9.89. The van der Waals surface area contributed by atoms with Crippen LogP contribution in [0.2, 0.25) is 0 Å². The molecule has 0 saturated heterocycles. The minimum absolute atomic E-state index is 1.21. The topological polar surface area (TPSA) is 0 Å². The number of benzene rings is 8. The van der Waals surface area contributed by atoms with Crippen LogP contribution in [-0.2, 0) is 0 Å². The summed E-state index contributed by atoms with van der Waals surface area (Å²) in [5.74, 6) is 0. The third kappa shape index (κ3) is 3.92. The Kier molecular flexibility index (Phi) is 5.85. The maximum absolute atomic E-state index is 4.97. The van der Waals surface area contributed by atoms with Gasteiger partial charge in [0.25, 0.3) is 0 Å². The predicted molar refractivity (Wildman–Crippen MR) is 187 cm³/mol. The van der Waals surface area contributed by atoms with Crippen molar-refractivity contribution in [2.45, 2.75) is 0 Å². The third-order valence-corrected chi connectivity index (χ3v) is 12.2. The molecule has 0 N–H and O–H groups in total. The smallest absolute Gasteiger partial charge is 0.00206 e. The zero-order valence-electron chi connectivity index (χ0n) is 23.2. The molecule has 0 aromatic heterocycles. The van der Waals surface area contributed by atoms with E-state index in [0.717, 1.165) is 0 Å². The number of hydrogen-bond acceptors (Lipinski definition) is 0. The molecular formula is C41H29P. The van der Waals surface area contributed by atoms with Gasteiger partial charge in [0.15, 0.2) is 0 Å². The zero-order valence-corrected chi connectivity index (χ0v) is 24.1. The van der Waals surface area contributed by atoms with Crippen LogP contribution in [0.5, 0.6) is 0 Å². The summed E-state index contributed by atoms with van der Waals surface area (Å²) >= 11 is 0. The monoisotopic (exact) mass is 552 g/mol. The van der Waals surface area contributed by atoms with Crippen LogP contribution in [0.25, 0.3) is 54.6 Å². The molecule has 0 spiro atoms. The van der Waals surface area contributed by atoms with E-state index in [1.54, 1.807) is 0 Å². The van der Waals surface area contributed by atoms with Gasteiger partial charge in [-0.25, -0.2) is 0 Å². The lowest BCUT2D eigenvalue weighted by molar-refractivity contribution is 1.62. The Morgan fingerprint density at radius 3 is 1.55 bits per heavy atom. The molecule has 0 unspecified atom stereocenters. The van der Waals surface area contributed by atoms with Crippen molar-refractivity contribution in [1.29, 1.82) is 0 Å². The quantitative estimate of drug-likeness (QED) is 0.147. The van der Waals surface area contributed by atoms with E-state index in [0.29, 0.717) is 0 Å². The van der Waals surface area contributed by atoms with Crippen LogP contribution in [0, 0.1) is 0 Å². The Labute approximate surface area is 246 Å². The number of hydrogen-bond donors (Lipinski definition) is 0. The molecule has 0 aliphatic carbocycles. The minimum Gasteiger partial charge on any atom is -0.0887 e. The van der Waals surface area contributed by atoms with Gasteiger partial charge in [-0.1, -0.05) is 158 Å². The average Bonchev–Trinajstić information content (AvgIpc) is 3.07. The Balaban J connectivity index is 1.28. The Morgan fingerprint density at radius 1 is 0.357 bits per heavy atom. The van der Waals surface area contributed by atoms with Gasteiger partial charge in [-0.3, -0.25) is 0 Å². The molecule has 0 aliphatic rings. The van der Waals surface area contributed by atoms with Crippen LogP contribution in [0.1, 0.15) is 0 Å². The van der Waals surface area contributed by atoms with Crippen molar-refractivity contribution in [2.24, 2.45) is 0 Å². The van der Waals surface area contributed by atoms with E-state index in [-0.39, 0.29) is 0 Å².